The van der Waals surface area contributed by atoms with Gasteiger partial charge < -0.3 is 15.8 Å². The van der Waals surface area contributed by atoms with Gasteiger partial charge >= 0.3 is 5.69 Å². The molecular weight excluding hydrogens is 264 g/mol. The first-order valence-electron chi connectivity index (χ1n) is 6.47. The maximum Gasteiger partial charge on any atom is 0.329 e. The Balaban J connectivity index is 1.73. The fraction of sp³-hybridized carbons (Fsp3) is 0.636. The zero-order chi connectivity index (χ0) is 14.4. The van der Waals surface area contributed by atoms with Gasteiger partial charge in [-0.25, -0.2) is 4.98 Å². The third-order valence-electron chi connectivity index (χ3n) is 3.03. The number of nitrogens with one attached hydrogen (secondary N) is 1. The summed E-state index contributed by atoms with van der Waals surface area (Å²) in [6.45, 7) is 5.15. The molecule has 1 aliphatic rings. The predicted octanol–water partition coefficient (Wildman–Crippen LogP) is 0.101. The van der Waals surface area contributed by atoms with Crippen molar-refractivity contribution in [3.8, 4) is 0 Å². The molecule has 0 aliphatic carbocycles. The van der Waals surface area contributed by atoms with Crippen LogP contribution in [0.5, 0.6) is 0 Å². The molecule has 0 atom stereocenters. The zero-order valence-electron chi connectivity index (χ0n) is 11.1. The number of ether oxygens (including phenoxy) is 1. The highest BCUT2D eigenvalue weighted by Gasteiger charge is 2.14. The van der Waals surface area contributed by atoms with Crippen molar-refractivity contribution in [1.29, 1.82) is 0 Å². The number of nitro groups is 1. The molecule has 1 aliphatic heterocycles. The largest absolute Gasteiger partial charge is 0.379 e. The van der Waals surface area contributed by atoms with Crippen LogP contribution < -0.4 is 11.1 Å². The van der Waals surface area contributed by atoms with Crippen molar-refractivity contribution in [2.75, 3.05) is 50.4 Å². The van der Waals surface area contributed by atoms with E-state index >= 15 is 0 Å². The van der Waals surface area contributed by atoms with Gasteiger partial charge in [0.25, 0.3) is 0 Å². The fourth-order valence-corrected chi connectivity index (χ4v) is 1.94. The number of hydrogen-bond acceptors (Lipinski definition) is 8. The average molecular weight is 282 g/mol. The molecule has 1 saturated heterocycles. The lowest BCUT2D eigenvalue weighted by Crippen LogP contribution is -2.37. The molecule has 0 amide bonds. The molecule has 1 aromatic rings. The lowest BCUT2D eigenvalue weighted by Gasteiger charge is -2.26. The molecule has 2 heterocycles. The zero-order valence-corrected chi connectivity index (χ0v) is 11.1. The Bertz CT molecular complexity index is 463. The van der Waals surface area contributed by atoms with E-state index in [2.05, 4.69) is 20.2 Å². The topological polar surface area (TPSA) is 119 Å². The summed E-state index contributed by atoms with van der Waals surface area (Å²) in [5, 5.41) is 13.6. The molecule has 20 heavy (non-hydrogen) atoms. The van der Waals surface area contributed by atoms with Gasteiger partial charge in [0.2, 0.25) is 11.8 Å². The Hall–Kier alpha value is -2.00. The second kappa shape index (κ2) is 6.96. The number of nitrogens with two attached hydrogens (primary N) is 1. The van der Waals surface area contributed by atoms with Gasteiger partial charge in [-0.05, 0) is 13.0 Å². The van der Waals surface area contributed by atoms with Crippen LogP contribution in [0.1, 0.15) is 6.42 Å². The molecule has 9 heteroatoms. The Morgan fingerprint density at radius 1 is 1.50 bits per heavy atom. The van der Waals surface area contributed by atoms with E-state index in [1.165, 1.54) is 0 Å². The molecule has 0 radical (unpaired) electrons. The van der Waals surface area contributed by atoms with E-state index in [0.29, 0.717) is 12.5 Å². The first-order valence-corrected chi connectivity index (χ1v) is 6.47. The monoisotopic (exact) mass is 282 g/mol. The Labute approximate surface area is 116 Å². The maximum atomic E-state index is 10.6. The maximum absolute atomic E-state index is 10.6. The van der Waals surface area contributed by atoms with E-state index in [1.54, 1.807) is 0 Å². The van der Waals surface area contributed by atoms with Crippen LogP contribution in [0.2, 0.25) is 0 Å². The van der Waals surface area contributed by atoms with Crippen molar-refractivity contribution in [3.05, 3.63) is 16.3 Å². The predicted molar refractivity (Wildman–Crippen MR) is 73.5 cm³/mol. The average Bonchev–Trinajstić information content (AvgIpc) is 2.44. The minimum absolute atomic E-state index is 0.124. The molecule has 3 N–H and O–H groups in total. The van der Waals surface area contributed by atoms with Crippen molar-refractivity contribution in [2.24, 2.45) is 0 Å². The van der Waals surface area contributed by atoms with Crippen molar-refractivity contribution in [2.45, 2.75) is 6.42 Å². The number of anilines is 2. The molecule has 0 unspecified atom stereocenters. The van der Waals surface area contributed by atoms with Gasteiger partial charge in [-0.1, -0.05) is 0 Å². The highest BCUT2D eigenvalue weighted by molar-refractivity contribution is 5.53. The third-order valence-corrected chi connectivity index (χ3v) is 3.03. The smallest absolute Gasteiger partial charge is 0.329 e. The van der Waals surface area contributed by atoms with Gasteiger partial charge in [-0.15, -0.1) is 0 Å². The molecule has 9 nitrogen and oxygen atoms in total. The van der Waals surface area contributed by atoms with Crippen molar-refractivity contribution < 1.29 is 9.66 Å². The lowest BCUT2D eigenvalue weighted by molar-refractivity contribution is -0.384. The summed E-state index contributed by atoms with van der Waals surface area (Å²) in [6.07, 6.45) is 2.05. The molecule has 1 fully saturated rings. The van der Waals surface area contributed by atoms with Crippen LogP contribution in [0, 0.1) is 10.1 Å². The number of aromatic nitrogens is 2. The van der Waals surface area contributed by atoms with Gasteiger partial charge in [0.05, 0.1) is 18.1 Å². The van der Waals surface area contributed by atoms with E-state index in [4.69, 9.17) is 10.5 Å². The van der Waals surface area contributed by atoms with Gasteiger partial charge in [0, 0.05) is 19.6 Å². The molecule has 2 rings (SSSR count). The molecule has 1 aromatic heterocycles. The quantitative estimate of drug-likeness (QED) is 0.428. The summed E-state index contributed by atoms with van der Waals surface area (Å²) < 4.78 is 5.27. The summed E-state index contributed by atoms with van der Waals surface area (Å²) in [7, 11) is 0. The number of nitrogens with zero attached hydrogens (tertiary/aromatic N) is 4. The second-order valence-corrected chi connectivity index (χ2v) is 4.46. The number of rotatable bonds is 6. The summed E-state index contributed by atoms with van der Waals surface area (Å²) in [5.41, 5.74) is 5.21. The minimum Gasteiger partial charge on any atom is -0.379 e. The molecule has 0 aromatic carbocycles. The summed E-state index contributed by atoms with van der Waals surface area (Å²) in [4.78, 5) is 20.0. The number of hydrogen-bond donors (Lipinski definition) is 2. The summed E-state index contributed by atoms with van der Waals surface area (Å²) >= 11 is 0. The van der Waals surface area contributed by atoms with E-state index in [1.807, 2.05) is 0 Å². The van der Waals surface area contributed by atoms with Crippen molar-refractivity contribution in [1.82, 2.24) is 14.9 Å². The molecule has 110 valence electrons. The molecule has 0 spiro atoms. The van der Waals surface area contributed by atoms with E-state index in [9.17, 15) is 10.1 Å². The van der Waals surface area contributed by atoms with E-state index in [0.717, 1.165) is 45.5 Å². The first-order chi connectivity index (χ1) is 9.66. The highest BCUT2D eigenvalue weighted by atomic mass is 16.6. The van der Waals surface area contributed by atoms with Crippen LogP contribution in [0.15, 0.2) is 6.20 Å². The number of morpholine rings is 1. The standard InChI is InChI=1S/C11H18N6O3/c12-10-9(17(18)19)8-14-11(15-10)13-2-1-3-16-4-6-20-7-5-16/h8H,1-7H2,(H3,12,13,14,15). The fourth-order valence-electron chi connectivity index (χ4n) is 1.94. The first kappa shape index (κ1) is 14.4. The van der Waals surface area contributed by atoms with Crippen LogP contribution in [0.4, 0.5) is 17.5 Å². The number of nitrogen functional groups attached to an aromatic ring is 1. The van der Waals surface area contributed by atoms with Crippen LogP contribution in [0.25, 0.3) is 0 Å². The molecule has 0 bridgehead atoms. The summed E-state index contributed by atoms with van der Waals surface area (Å²) in [6, 6.07) is 0. The third kappa shape index (κ3) is 4.00. The van der Waals surface area contributed by atoms with Gasteiger partial charge in [0.15, 0.2) is 0 Å². The molecular formula is C11H18N6O3. The van der Waals surface area contributed by atoms with Crippen LogP contribution in [-0.2, 0) is 4.74 Å². The Kier molecular flexibility index (Phi) is 5.02. The minimum atomic E-state index is -0.600. The van der Waals surface area contributed by atoms with Gasteiger partial charge in [0.1, 0.15) is 6.20 Å². The van der Waals surface area contributed by atoms with Gasteiger partial charge in [-0.3, -0.25) is 15.0 Å². The second-order valence-electron chi connectivity index (χ2n) is 4.46. The van der Waals surface area contributed by atoms with Gasteiger partial charge in [-0.2, -0.15) is 4.98 Å². The van der Waals surface area contributed by atoms with Crippen molar-refractivity contribution >= 4 is 17.5 Å². The summed E-state index contributed by atoms with van der Waals surface area (Å²) in [5.74, 6) is 0.191. The Morgan fingerprint density at radius 3 is 2.90 bits per heavy atom. The molecule has 0 saturated carbocycles. The SMILES string of the molecule is Nc1nc(NCCCN2CCOCC2)ncc1[N+](=O)[O-]. The van der Waals surface area contributed by atoms with Crippen LogP contribution in [-0.4, -0.2) is 59.2 Å². The highest BCUT2D eigenvalue weighted by Crippen LogP contribution is 2.17. The Morgan fingerprint density at radius 2 is 2.25 bits per heavy atom. The van der Waals surface area contributed by atoms with E-state index < -0.39 is 4.92 Å². The van der Waals surface area contributed by atoms with Crippen LogP contribution >= 0.6 is 0 Å². The van der Waals surface area contributed by atoms with Crippen molar-refractivity contribution in [3.63, 3.8) is 0 Å². The van der Waals surface area contributed by atoms with Crippen LogP contribution in [0.3, 0.4) is 0 Å². The lowest BCUT2D eigenvalue weighted by atomic mass is 10.3. The normalized spacial score (nSPS) is 16.0. The van der Waals surface area contributed by atoms with E-state index in [-0.39, 0.29) is 11.5 Å².